The van der Waals surface area contributed by atoms with Crippen LogP contribution in [-0.4, -0.2) is 4.92 Å². The van der Waals surface area contributed by atoms with Gasteiger partial charge in [-0.3, -0.25) is 15.2 Å². The number of nitrogens with zero attached hydrogens (tertiary/aromatic N) is 1. The normalized spacial score (nSPS) is 10.0. The van der Waals surface area contributed by atoms with Crippen molar-refractivity contribution in [2.45, 2.75) is 0 Å². The van der Waals surface area contributed by atoms with E-state index >= 15 is 0 Å². The molecule has 16 heavy (non-hydrogen) atoms. The summed E-state index contributed by atoms with van der Waals surface area (Å²) in [5, 5.41) is 21.6. The molecule has 0 aromatic heterocycles. The Bertz CT molecular complexity index is 520. The maximum Gasteiger partial charge on any atom is 0.269 e. The van der Waals surface area contributed by atoms with Crippen LogP contribution in [0.2, 0.25) is 0 Å². The van der Waals surface area contributed by atoms with Gasteiger partial charge in [0.25, 0.3) is 5.69 Å². The highest BCUT2D eigenvalue weighted by Gasteiger charge is 2.05. The van der Waals surface area contributed by atoms with Crippen LogP contribution in [0.5, 0.6) is 5.75 Å². The zero-order valence-electron chi connectivity index (χ0n) is 8.29. The zero-order chi connectivity index (χ0) is 11.5. The van der Waals surface area contributed by atoms with Crippen molar-refractivity contribution in [2.75, 3.05) is 0 Å². The minimum Gasteiger partial charge on any atom is -0.290 e. The van der Waals surface area contributed by atoms with Crippen molar-refractivity contribution in [2.24, 2.45) is 0 Å². The molecule has 0 atom stereocenters. The second-order valence-corrected chi connectivity index (χ2v) is 3.33. The van der Waals surface area contributed by atoms with Gasteiger partial charge in [0, 0.05) is 12.1 Å². The van der Waals surface area contributed by atoms with Crippen molar-refractivity contribution in [1.82, 2.24) is 0 Å². The van der Waals surface area contributed by atoms with Crippen molar-refractivity contribution >= 4 is 5.69 Å². The van der Waals surface area contributed by atoms with Crippen LogP contribution in [-0.2, 0) is 5.11 Å². The molecule has 0 aliphatic rings. The van der Waals surface area contributed by atoms with Crippen molar-refractivity contribution in [1.29, 1.82) is 0 Å². The average molecular weight is 214 g/mol. The van der Waals surface area contributed by atoms with E-state index in [1.807, 2.05) is 0 Å². The molecule has 0 N–H and O–H groups in total. The minimum absolute atomic E-state index is 0.0435. The molecule has 0 spiro atoms. The number of rotatable bonds is 2. The second-order valence-electron chi connectivity index (χ2n) is 3.33. The average Bonchev–Trinajstić information content (AvgIpc) is 2.29. The second kappa shape index (κ2) is 4.02. The van der Waals surface area contributed by atoms with Crippen molar-refractivity contribution < 1.29 is 10.0 Å². The third-order valence-electron chi connectivity index (χ3n) is 2.25. The van der Waals surface area contributed by atoms with Gasteiger partial charge in [-0.25, -0.2) is 0 Å². The number of nitro benzene ring substituents is 1. The van der Waals surface area contributed by atoms with E-state index < -0.39 is 4.92 Å². The lowest BCUT2D eigenvalue weighted by Crippen LogP contribution is -1.86. The summed E-state index contributed by atoms with van der Waals surface area (Å²) in [6.07, 6.45) is 0. The molecular weight excluding hydrogens is 206 g/mol. The van der Waals surface area contributed by atoms with Gasteiger partial charge >= 0.3 is 0 Å². The molecule has 4 heteroatoms. The monoisotopic (exact) mass is 214 g/mol. The Morgan fingerprint density at radius 2 is 1.62 bits per heavy atom. The van der Waals surface area contributed by atoms with E-state index in [-0.39, 0.29) is 11.4 Å². The maximum absolute atomic E-state index is 11.1. The van der Waals surface area contributed by atoms with Gasteiger partial charge in [0.05, 0.1) is 4.92 Å². The lowest BCUT2D eigenvalue weighted by atomic mass is 10.1. The summed E-state index contributed by atoms with van der Waals surface area (Å²) in [6.45, 7) is 0. The van der Waals surface area contributed by atoms with E-state index in [0.29, 0.717) is 0 Å². The number of benzene rings is 2. The summed E-state index contributed by atoms with van der Waals surface area (Å²) < 4.78 is 0. The highest BCUT2D eigenvalue weighted by molar-refractivity contribution is 5.66. The lowest BCUT2D eigenvalue weighted by Gasteiger charge is -2.00. The predicted octanol–water partition coefficient (Wildman–Crippen LogP) is 3.41. The Morgan fingerprint density at radius 3 is 2.19 bits per heavy atom. The van der Waals surface area contributed by atoms with Crippen molar-refractivity contribution in [3.8, 4) is 16.9 Å². The first kappa shape index (κ1) is 10.2. The summed E-state index contributed by atoms with van der Waals surface area (Å²) in [7, 11) is 0. The summed E-state index contributed by atoms with van der Waals surface area (Å²) in [5.74, 6) is -0.0733. The first-order chi connectivity index (χ1) is 7.66. The highest BCUT2D eigenvalue weighted by atomic mass is 16.6. The first-order valence-electron chi connectivity index (χ1n) is 4.69. The number of hydrogen-bond acceptors (Lipinski definition) is 2. The molecule has 0 aliphatic heterocycles. The quantitative estimate of drug-likeness (QED) is 0.568. The third-order valence-corrected chi connectivity index (χ3v) is 2.25. The molecule has 79 valence electrons. The van der Waals surface area contributed by atoms with Crippen LogP contribution in [0.4, 0.5) is 5.69 Å². The van der Waals surface area contributed by atoms with Crippen LogP contribution in [0.15, 0.2) is 48.5 Å². The summed E-state index contributed by atoms with van der Waals surface area (Å²) in [5.41, 5.74) is 1.60. The third kappa shape index (κ3) is 2.00. The molecule has 0 amide bonds. The van der Waals surface area contributed by atoms with Crippen LogP contribution in [0.1, 0.15) is 0 Å². The molecule has 0 bridgehead atoms. The van der Waals surface area contributed by atoms with Crippen LogP contribution in [0.3, 0.4) is 0 Å². The van der Waals surface area contributed by atoms with Gasteiger partial charge in [0.1, 0.15) is 0 Å². The number of non-ortho nitro benzene ring substituents is 1. The fourth-order valence-corrected chi connectivity index (χ4v) is 1.45. The molecule has 4 nitrogen and oxygen atoms in total. The summed E-state index contributed by atoms with van der Waals surface area (Å²) >= 11 is 0. The van der Waals surface area contributed by atoms with E-state index in [0.717, 1.165) is 11.1 Å². The Labute approximate surface area is 91.9 Å². The van der Waals surface area contributed by atoms with Gasteiger partial charge < -0.3 is 0 Å². The predicted molar refractivity (Wildman–Crippen MR) is 58.7 cm³/mol. The van der Waals surface area contributed by atoms with E-state index in [4.69, 9.17) is 0 Å². The van der Waals surface area contributed by atoms with Gasteiger partial charge in [-0.05, 0) is 35.4 Å². The largest absolute Gasteiger partial charge is 0.290 e. The van der Waals surface area contributed by atoms with Gasteiger partial charge in [-0.2, -0.15) is 0 Å². The van der Waals surface area contributed by atoms with Crippen molar-refractivity contribution in [3.63, 3.8) is 0 Å². The Hall–Kier alpha value is -2.36. The maximum atomic E-state index is 11.1. The zero-order valence-corrected chi connectivity index (χ0v) is 8.29. The SMILES string of the molecule is [O]c1cccc(-c2ccc([N+](=O)[O-])cc2)c1. The van der Waals surface area contributed by atoms with Crippen LogP contribution >= 0.6 is 0 Å². The molecule has 0 unspecified atom stereocenters. The van der Waals surface area contributed by atoms with Crippen LogP contribution in [0.25, 0.3) is 11.1 Å². The summed E-state index contributed by atoms with van der Waals surface area (Å²) in [6, 6.07) is 12.5. The van der Waals surface area contributed by atoms with Crippen LogP contribution in [0, 0.1) is 10.1 Å². The molecule has 0 saturated carbocycles. The fourth-order valence-electron chi connectivity index (χ4n) is 1.45. The molecule has 0 saturated heterocycles. The van der Waals surface area contributed by atoms with Gasteiger partial charge in [0.2, 0.25) is 0 Å². The Kier molecular flexibility index (Phi) is 2.55. The number of nitro groups is 1. The Balaban J connectivity index is 2.38. The van der Waals surface area contributed by atoms with Crippen molar-refractivity contribution in [3.05, 3.63) is 58.6 Å². The van der Waals surface area contributed by atoms with E-state index in [1.54, 1.807) is 24.3 Å². The van der Waals surface area contributed by atoms with E-state index in [1.165, 1.54) is 24.3 Å². The molecule has 1 radical (unpaired) electrons. The van der Waals surface area contributed by atoms with Gasteiger partial charge in [0.15, 0.2) is 5.75 Å². The molecular formula is C12H8NO3. The smallest absolute Gasteiger partial charge is 0.269 e. The van der Waals surface area contributed by atoms with Gasteiger partial charge in [-0.1, -0.05) is 12.1 Å². The molecule has 2 aromatic rings. The standard InChI is InChI=1S/C12H8NO3/c14-12-3-1-2-10(8-12)9-4-6-11(7-5-9)13(15)16/h1-8H. The fraction of sp³-hybridized carbons (Fsp3) is 0. The molecule has 0 heterocycles. The first-order valence-corrected chi connectivity index (χ1v) is 4.69. The van der Waals surface area contributed by atoms with E-state index in [2.05, 4.69) is 0 Å². The van der Waals surface area contributed by atoms with Crippen LogP contribution < -0.4 is 0 Å². The van der Waals surface area contributed by atoms with E-state index in [9.17, 15) is 15.2 Å². The topological polar surface area (TPSA) is 63.0 Å². The molecule has 2 rings (SSSR count). The Morgan fingerprint density at radius 1 is 0.938 bits per heavy atom. The minimum atomic E-state index is -0.451. The number of hydrogen-bond donors (Lipinski definition) is 0. The highest BCUT2D eigenvalue weighted by Crippen LogP contribution is 2.25. The molecule has 0 aliphatic carbocycles. The molecule has 2 aromatic carbocycles. The molecule has 0 fully saturated rings. The summed E-state index contributed by atoms with van der Waals surface area (Å²) in [4.78, 5) is 10.0. The lowest BCUT2D eigenvalue weighted by molar-refractivity contribution is -0.384. The van der Waals surface area contributed by atoms with Gasteiger partial charge in [-0.15, -0.1) is 0 Å².